The first-order valence-electron chi connectivity index (χ1n) is 5.55. The molecule has 0 heterocycles. The van der Waals surface area contributed by atoms with E-state index >= 15 is 0 Å². The van der Waals surface area contributed by atoms with Crippen LogP contribution in [0.2, 0.25) is 10.0 Å². The van der Waals surface area contributed by atoms with Crippen molar-refractivity contribution in [2.75, 3.05) is 0 Å². The smallest absolute Gasteiger partial charge is 0.166 e. The Morgan fingerprint density at radius 1 is 0.950 bits per heavy atom. The van der Waals surface area contributed by atoms with E-state index in [1.54, 1.807) is 6.07 Å². The Labute approximate surface area is 129 Å². The summed E-state index contributed by atoms with van der Waals surface area (Å²) in [5.41, 5.74) is -0.131. The maximum Gasteiger partial charge on any atom is 0.417 e. The largest absolute Gasteiger partial charge is 0.417 e. The minimum absolute atomic E-state index is 0.0637. The molecule has 0 saturated heterocycles. The van der Waals surface area contributed by atoms with Gasteiger partial charge < -0.3 is 0 Å². The molecule has 0 radical (unpaired) electrons. The Kier molecular flexibility index (Phi) is 4.52. The zero-order valence-electron chi connectivity index (χ0n) is 9.94. The summed E-state index contributed by atoms with van der Waals surface area (Å²) in [6.07, 6.45) is -4.50. The molecule has 20 heavy (non-hydrogen) atoms. The molecule has 0 bridgehead atoms. The van der Waals surface area contributed by atoms with Gasteiger partial charge in [0, 0.05) is 21.5 Å². The highest BCUT2D eigenvalue weighted by Crippen LogP contribution is 2.42. The van der Waals surface area contributed by atoms with E-state index in [0.717, 1.165) is 6.07 Å². The fraction of sp³-hybridized carbons (Fsp3) is 0.143. The van der Waals surface area contributed by atoms with Gasteiger partial charge >= 0.3 is 6.18 Å². The van der Waals surface area contributed by atoms with Crippen molar-refractivity contribution in [1.82, 2.24) is 0 Å². The number of alkyl halides is 4. The summed E-state index contributed by atoms with van der Waals surface area (Å²) in [5.74, 6) is 0.104. The summed E-state index contributed by atoms with van der Waals surface area (Å²) < 4.78 is 39.3. The van der Waals surface area contributed by atoms with Crippen molar-refractivity contribution >= 4 is 34.8 Å². The first-order valence-corrected chi connectivity index (χ1v) is 6.84. The number of hydrogen-bond donors (Lipinski definition) is 0. The maximum absolute atomic E-state index is 13.1. The molecule has 6 heteroatoms. The average molecular weight is 340 g/mol. The van der Waals surface area contributed by atoms with E-state index in [1.807, 2.05) is 0 Å². The van der Waals surface area contributed by atoms with Crippen LogP contribution in [0.4, 0.5) is 13.2 Å². The zero-order chi connectivity index (χ0) is 14.9. The monoisotopic (exact) mass is 338 g/mol. The highest BCUT2D eigenvalue weighted by molar-refractivity contribution is 6.39. The molecule has 0 unspecified atom stereocenters. The Hall–Kier alpha value is -0.900. The molecule has 0 fully saturated rings. The first kappa shape index (κ1) is 15.5. The lowest BCUT2D eigenvalue weighted by atomic mass is 9.97. The van der Waals surface area contributed by atoms with E-state index in [4.69, 9.17) is 34.8 Å². The SMILES string of the molecule is FC(F)(F)c1ccc(CCl)cc1-c1c(Cl)cccc1Cl. The lowest BCUT2D eigenvalue weighted by molar-refractivity contribution is -0.137. The van der Waals surface area contributed by atoms with Crippen LogP contribution >= 0.6 is 34.8 Å². The van der Waals surface area contributed by atoms with Gasteiger partial charge in [-0.15, -0.1) is 11.6 Å². The second kappa shape index (κ2) is 5.84. The summed E-state index contributed by atoms with van der Waals surface area (Å²) in [4.78, 5) is 0. The standard InChI is InChI=1S/C14H8Cl3F3/c15-7-8-4-5-10(14(18,19)20)9(6-8)13-11(16)2-1-3-12(13)17/h1-6H,7H2. The zero-order valence-corrected chi connectivity index (χ0v) is 12.2. The van der Waals surface area contributed by atoms with E-state index in [9.17, 15) is 13.2 Å². The number of halogens is 6. The minimum atomic E-state index is -4.50. The Morgan fingerprint density at radius 2 is 1.55 bits per heavy atom. The average Bonchev–Trinajstić information content (AvgIpc) is 2.37. The minimum Gasteiger partial charge on any atom is -0.166 e. The Bertz CT molecular complexity index is 616. The van der Waals surface area contributed by atoms with Crippen LogP contribution in [-0.4, -0.2) is 0 Å². The van der Waals surface area contributed by atoms with Crippen molar-refractivity contribution in [3.05, 3.63) is 57.6 Å². The molecule has 0 aliphatic rings. The topological polar surface area (TPSA) is 0 Å². The molecule has 0 N–H and O–H groups in total. The van der Waals surface area contributed by atoms with Gasteiger partial charge in [0.2, 0.25) is 0 Å². The van der Waals surface area contributed by atoms with Crippen molar-refractivity contribution < 1.29 is 13.2 Å². The predicted molar refractivity (Wildman–Crippen MR) is 76.5 cm³/mol. The molecular formula is C14H8Cl3F3. The van der Waals surface area contributed by atoms with Gasteiger partial charge in [0.25, 0.3) is 0 Å². The predicted octanol–water partition coefficient (Wildman–Crippen LogP) is 6.42. The van der Waals surface area contributed by atoms with E-state index in [0.29, 0.717) is 5.56 Å². The van der Waals surface area contributed by atoms with Gasteiger partial charge in [-0.3, -0.25) is 0 Å². The number of rotatable bonds is 2. The number of benzene rings is 2. The van der Waals surface area contributed by atoms with Crippen molar-refractivity contribution in [1.29, 1.82) is 0 Å². The normalized spacial score (nSPS) is 11.7. The van der Waals surface area contributed by atoms with Crippen molar-refractivity contribution in [3.8, 4) is 11.1 Å². The molecule has 0 saturated carbocycles. The van der Waals surface area contributed by atoms with E-state index < -0.39 is 11.7 Å². The van der Waals surface area contributed by atoms with Crippen LogP contribution in [0.5, 0.6) is 0 Å². The van der Waals surface area contributed by atoms with Crippen LogP contribution in [0.1, 0.15) is 11.1 Å². The molecule has 0 spiro atoms. The molecule has 0 nitrogen and oxygen atoms in total. The van der Waals surface area contributed by atoms with Gasteiger partial charge in [0.15, 0.2) is 0 Å². The third-order valence-corrected chi connectivity index (χ3v) is 3.71. The van der Waals surface area contributed by atoms with Crippen molar-refractivity contribution in [3.63, 3.8) is 0 Å². The van der Waals surface area contributed by atoms with Crippen LogP contribution in [0, 0.1) is 0 Å². The number of hydrogen-bond acceptors (Lipinski definition) is 0. The van der Waals surface area contributed by atoms with Gasteiger partial charge in [-0.1, -0.05) is 35.3 Å². The second-order valence-electron chi connectivity index (χ2n) is 4.11. The molecule has 0 aliphatic carbocycles. The molecule has 2 rings (SSSR count). The summed E-state index contributed by atoms with van der Waals surface area (Å²) in [6, 6.07) is 8.26. The summed E-state index contributed by atoms with van der Waals surface area (Å²) in [7, 11) is 0. The molecule has 0 aliphatic heterocycles. The van der Waals surface area contributed by atoms with Crippen molar-refractivity contribution in [2.24, 2.45) is 0 Å². The van der Waals surface area contributed by atoms with Gasteiger partial charge in [-0.25, -0.2) is 0 Å². The molecule has 0 aromatic heterocycles. The van der Waals surface area contributed by atoms with Gasteiger partial charge in [0.05, 0.1) is 5.56 Å². The van der Waals surface area contributed by atoms with E-state index in [2.05, 4.69) is 0 Å². The second-order valence-corrected chi connectivity index (χ2v) is 5.19. The lowest BCUT2D eigenvalue weighted by Gasteiger charge is -2.16. The highest BCUT2D eigenvalue weighted by Gasteiger charge is 2.34. The molecule has 2 aromatic rings. The molecule has 0 atom stereocenters. The first-order chi connectivity index (χ1) is 9.34. The van der Waals surface area contributed by atoms with Gasteiger partial charge in [-0.2, -0.15) is 13.2 Å². The van der Waals surface area contributed by atoms with Crippen molar-refractivity contribution in [2.45, 2.75) is 12.1 Å². The van der Waals surface area contributed by atoms with Gasteiger partial charge in [-0.05, 0) is 35.4 Å². The van der Waals surface area contributed by atoms with Crippen LogP contribution in [0.25, 0.3) is 11.1 Å². The van der Waals surface area contributed by atoms with E-state index in [1.165, 1.54) is 24.3 Å². The van der Waals surface area contributed by atoms with Crippen LogP contribution in [-0.2, 0) is 12.1 Å². The third kappa shape index (κ3) is 3.05. The van der Waals surface area contributed by atoms with Crippen LogP contribution < -0.4 is 0 Å². The fourth-order valence-electron chi connectivity index (χ4n) is 1.88. The summed E-state index contributed by atoms with van der Waals surface area (Å²) in [6.45, 7) is 0. The summed E-state index contributed by atoms with van der Waals surface area (Å²) >= 11 is 17.7. The van der Waals surface area contributed by atoms with Crippen LogP contribution in [0.3, 0.4) is 0 Å². The quantitative estimate of drug-likeness (QED) is 0.554. The molecule has 0 amide bonds. The molecule has 106 valence electrons. The molecule has 2 aromatic carbocycles. The Balaban J connectivity index is 2.77. The third-order valence-electron chi connectivity index (χ3n) is 2.78. The fourth-order valence-corrected chi connectivity index (χ4v) is 2.65. The van der Waals surface area contributed by atoms with Gasteiger partial charge in [0.1, 0.15) is 0 Å². The molecular weight excluding hydrogens is 332 g/mol. The lowest BCUT2D eigenvalue weighted by Crippen LogP contribution is -2.08. The summed E-state index contributed by atoms with van der Waals surface area (Å²) in [5, 5.41) is 0.324. The maximum atomic E-state index is 13.1. The van der Waals surface area contributed by atoms with Crippen LogP contribution in [0.15, 0.2) is 36.4 Å². The Morgan fingerprint density at radius 3 is 2.05 bits per heavy atom. The van der Waals surface area contributed by atoms with E-state index in [-0.39, 0.29) is 27.1 Å². The highest BCUT2D eigenvalue weighted by atomic mass is 35.5.